The molecule has 2 rings (SSSR count). The maximum absolute atomic E-state index is 5.53. The third-order valence-electron chi connectivity index (χ3n) is 1.99. The van der Waals surface area contributed by atoms with Crippen molar-refractivity contribution in [1.29, 1.82) is 0 Å². The van der Waals surface area contributed by atoms with Gasteiger partial charge in [-0.05, 0) is 12.1 Å². The number of rotatable bonds is 1. The second kappa shape index (κ2) is 3.01. The van der Waals surface area contributed by atoms with Crippen LogP contribution >= 0.6 is 0 Å². The number of hydrogen-bond donors (Lipinski definition) is 2. The largest absolute Gasteiger partial charge is 0.483 e. The molecule has 0 saturated heterocycles. The van der Waals surface area contributed by atoms with Gasteiger partial charge in [-0.2, -0.15) is 0 Å². The van der Waals surface area contributed by atoms with Crippen molar-refractivity contribution in [3.8, 4) is 5.75 Å². The minimum absolute atomic E-state index is 0.533. The van der Waals surface area contributed by atoms with Gasteiger partial charge in [0.2, 0.25) is 0 Å². The summed E-state index contributed by atoms with van der Waals surface area (Å²) >= 11 is 0. The van der Waals surface area contributed by atoms with E-state index in [0.29, 0.717) is 6.61 Å². The van der Waals surface area contributed by atoms with Crippen LogP contribution in [0.15, 0.2) is 30.5 Å². The van der Waals surface area contributed by atoms with Gasteiger partial charge in [-0.15, -0.1) is 0 Å². The van der Waals surface area contributed by atoms with Crippen molar-refractivity contribution in [2.45, 2.75) is 0 Å². The highest BCUT2D eigenvalue weighted by molar-refractivity contribution is 5.73. The van der Waals surface area contributed by atoms with Crippen LogP contribution in [0.1, 0.15) is 0 Å². The molecule has 68 valence electrons. The second-order valence-corrected chi connectivity index (χ2v) is 2.95. The molecule has 1 aromatic carbocycles. The second-order valence-electron chi connectivity index (χ2n) is 2.95. The normalized spacial score (nSPS) is 14.1. The minimum atomic E-state index is 0.533. The molecule has 0 aromatic heterocycles. The lowest BCUT2D eigenvalue weighted by molar-refractivity contribution is 0.348. The van der Waals surface area contributed by atoms with Gasteiger partial charge in [-0.3, -0.25) is 0 Å². The molecule has 2 N–H and O–H groups in total. The quantitative estimate of drug-likeness (QED) is 0.687. The van der Waals surface area contributed by atoms with Gasteiger partial charge in [-0.25, -0.2) is 0 Å². The summed E-state index contributed by atoms with van der Waals surface area (Å²) in [5.41, 5.74) is 2.86. The first kappa shape index (κ1) is 7.98. The van der Waals surface area contributed by atoms with Gasteiger partial charge in [0.05, 0.1) is 11.4 Å². The van der Waals surface area contributed by atoms with Gasteiger partial charge in [0.1, 0.15) is 6.61 Å². The molecule has 0 amide bonds. The van der Waals surface area contributed by atoms with Crippen LogP contribution < -0.4 is 15.4 Å². The summed E-state index contributed by atoms with van der Waals surface area (Å²) in [4.78, 5) is 0. The van der Waals surface area contributed by atoms with Crippen molar-refractivity contribution < 1.29 is 4.74 Å². The molecule has 0 radical (unpaired) electrons. The smallest absolute Gasteiger partial charge is 0.166 e. The molecule has 13 heavy (non-hydrogen) atoms. The van der Waals surface area contributed by atoms with Crippen molar-refractivity contribution in [2.75, 3.05) is 24.3 Å². The molecule has 0 spiro atoms. The van der Waals surface area contributed by atoms with Crippen molar-refractivity contribution in [2.24, 2.45) is 0 Å². The Hall–Kier alpha value is -1.64. The summed E-state index contributed by atoms with van der Waals surface area (Å²) in [7, 11) is 1.88. The average molecular weight is 176 g/mol. The van der Waals surface area contributed by atoms with E-state index < -0.39 is 0 Å². The Morgan fingerprint density at radius 3 is 3.15 bits per heavy atom. The Morgan fingerprint density at radius 2 is 2.38 bits per heavy atom. The van der Waals surface area contributed by atoms with Crippen LogP contribution in [0.5, 0.6) is 5.75 Å². The van der Waals surface area contributed by atoms with E-state index in [4.69, 9.17) is 4.74 Å². The molecule has 0 unspecified atom stereocenters. The molecule has 1 heterocycles. The Labute approximate surface area is 77.4 Å². The fourth-order valence-electron chi connectivity index (χ4n) is 1.37. The molecule has 0 atom stereocenters. The lowest BCUT2D eigenvalue weighted by Crippen LogP contribution is -2.16. The first-order chi connectivity index (χ1) is 6.31. The maximum atomic E-state index is 5.53. The number of anilines is 2. The Balaban J connectivity index is 2.45. The molecule has 1 aliphatic rings. The summed E-state index contributed by atoms with van der Waals surface area (Å²) in [6, 6.07) is 5.93. The predicted molar refractivity (Wildman–Crippen MR) is 54.2 cm³/mol. The number of fused-ring (bicyclic) bond motifs is 1. The number of nitrogens with one attached hydrogen (secondary N) is 2. The third-order valence-corrected chi connectivity index (χ3v) is 1.99. The van der Waals surface area contributed by atoms with Crippen molar-refractivity contribution in [1.82, 2.24) is 0 Å². The molecule has 3 nitrogen and oxygen atoms in total. The summed E-state index contributed by atoms with van der Waals surface area (Å²) in [5, 5.41) is 6.25. The van der Waals surface area contributed by atoms with Gasteiger partial charge in [0.15, 0.2) is 5.75 Å². The Kier molecular flexibility index (Phi) is 1.85. The molecule has 1 aromatic rings. The molecule has 0 aliphatic carbocycles. The summed E-state index contributed by atoms with van der Waals surface area (Å²) in [5.74, 6) is 0.873. The van der Waals surface area contributed by atoms with E-state index in [9.17, 15) is 0 Å². The lowest BCUT2D eigenvalue weighted by atomic mass is 10.2. The third kappa shape index (κ3) is 1.33. The van der Waals surface area contributed by atoms with Crippen LogP contribution in [0.3, 0.4) is 0 Å². The van der Waals surface area contributed by atoms with E-state index in [1.54, 1.807) is 0 Å². The average Bonchev–Trinajstić information content (AvgIpc) is 2.16. The monoisotopic (exact) mass is 176 g/mol. The van der Waals surface area contributed by atoms with E-state index in [1.165, 1.54) is 0 Å². The fourth-order valence-corrected chi connectivity index (χ4v) is 1.37. The summed E-state index contributed by atoms with van der Waals surface area (Å²) in [6.45, 7) is 4.35. The van der Waals surface area contributed by atoms with Gasteiger partial charge in [0, 0.05) is 12.7 Å². The fraction of sp³-hybridized carbons (Fsp3) is 0.200. The standard InChI is InChI=1S/C10H12N2O/c1-7-6-13-10-8(11-2)4-3-5-9(10)12-7/h3-5,11-12H,1,6H2,2H3. The predicted octanol–water partition coefficient (Wildman–Crippen LogP) is 2.05. The van der Waals surface area contributed by atoms with Crippen LogP contribution in [0, 0.1) is 0 Å². The van der Waals surface area contributed by atoms with Crippen molar-refractivity contribution in [3.63, 3.8) is 0 Å². The Morgan fingerprint density at radius 1 is 1.54 bits per heavy atom. The zero-order valence-corrected chi connectivity index (χ0v) is 7.55. The first-order valence-electron chi connectivity index (χ1n) is 4.19. The zero-order chi connectivity index (χ0) is 9.26. The highest BCUT2D eigenvalue weighted by atomic mass is 16.5. The van der Waals surface area contributed by atoms with E-state index in [2.05, 4.69) is 17.2 Å². The van der Waals surface area contributed by atoms with Crippen molar-refractivity contribution >= 4 is 11.4 Å². The number of para-hydroxylation sites is 1. The molecule has 0 fully saturated rings. The SMILES string of the molecule is C=C1COc2c(NC)cccc2N1. The summed E-state index contributed by atoms with van der Waals surface area (Å²) < 4.78 is 5.53. The highest BCUT2D eigenvalue weighted by Crippen LogP contribution is 2.36. The molecular formula is C10H12N2O. The molecule has 1 aliphatic heterocycles. The Bertz CT molecular complexity index is 347. The van der Waals surface area contributed by atoms with Gasteiger partial charge in [-0.1, -0.05) is 12.6 Å². The maximum Gasteiger partial charge on any atom is 0.166 e. The van der Waals surface area contributed by atoms with Crippen LogP contribution in [-0.4, -0.2) is 13.7 Å². The molecule has 0 bridgehead atoms. The molecule has 0 saturated carbocycles. The molecular weight excluding hydrogens is 164 g/mol. The number of benzene rings is 1. The number of ether oxygens (including phenoxy) is 1. The van der Waals surface area contributed by atoms with Crippen molar-refractivity contribution in [3.05, 3.63) is 30.5 Å². The van der Waals surface area contributed by atoms with Crippen LogP contribution in [0.2, 0.25) is 0 Å². The van der Waals surface area contributed by atoms with Crippen LogP contribution in [0.25, 0.3) is 0 Å². The van der Waals surface area contributed by atoms with Gasteiger partial charge >= 0.3 is 0 Å². The van der Waals surface area contributed by atoms with Gasteiger partial charge in [0.25, 0.3) is 0 Å². The first-order valence-corrected chi connectivity index (χ1v) is 4.19. The molecule has 3 heteroatoms. The van der Waals surface area contributed by atoms with Crippen LogP contribution in [-0.2, 0) is 0 Å². The van der Waals surface area contributed by atoms with Crippen LogP contribution in [0.4, 0.5) is 11.4 Å². The van der Waals surface area contributed by atoms with E-state index >= 15 is 0 Å². The number of hydrogen-bond acceptors (Lipinski definition) is 3. The summed E-state index contributed by atoms with van der Waals surface area (Å²) in [6.07, 6.45) is 0. The van der Waals surface area contributed by atoms with Gasteiger partial charge < -0.3 is 15.4 Å². The van der Waals surface area contributed by atoms with E-state index in [0.717, 1.165) is 22.8 Å². The van der Waals surface area contributed by atoms with E-state index in [-0.39, 0.29) is 0 Å². The minimum Gasteiger partial charge on any atom is -0.483 e. The highest BCUT2D eigenvalue weighted by Gasteiger charge is 2.14. The van der Waals surface area contributed by atoms with E-state index in [1.807, 2.05) is 25.2 Å². The topological polar surface area (TPSA) is 33.3 Å². The lowest BCUT2D eigenvalue weighted by Gasteiger charge is -2.22. The zero-order valence-electron chi connectivity index (χ0n) is 7.55.